The summed E-state index contributed by atoms with van der Waals surface area (Å²) in [5.74, 6) is 0. The fourth-order valence-electron chi connectivity index (χ4n) is 0.433. The molecule has 0 spiro atoms. The quantitative estimate of drug-likeness (QED) is 0.530. The third-order valence-corrected chi connectivity index (χ3v) is 5.20. The summed E-state index contributed by atoms with van der Waals surface area (Å²) in [6.45, 7) is 9.21. The molecule has 0 bridgehead atoms. The van der Waals surface area contributed by atoms with Crippen LogP contribution in [0.1, 0.15) is 20.8 Å². The summed E-state index contributed by atoms with van der Waals surface area (Å²) in [6, 6.07) is 0. The molecule has 1 N–H and O–H groups in total. The average molecular weight is 131 g/mol. The maximum absolute atomic E-state index is 3.34. The Labute approximate surface area is 54.2 Å². The molecule has 0 saturated carbocycles. The van der Waals surface area contributed by atoms with Crippen LogP contribution in [0, 0.1) is 0 Å². The van der Waals surface area contributed by atoms with Gasteiger partial charge in [-0.25, -0.2) is 0 Å². The fourth-order valence-corrected chi connectivity index (χ4v) is 1.30. The van der Waals surface area contributed by atoms with Gasteiger partial charge in [-0.05, 0) is 12.1 Å². The van der Waals surface area contributed by atoms with Gasteiger partial charge >= 0.3 is 0 Å². The van der Waals surface area contributed by atoms with Gasteiger partial charge in [0.1, 0.15) is 8.96 Å². The van der Waals surface area contributed by atoms with Gasteiger partial charge in [0, 0.05) is 0 Å². The molecular weight excluding hydrogens is 114 g/mol. The molecule has 0 radical (unpaired) electrons. The highest BCUT2D eigenvalue weighted by molar-refractivity contribution is 6.57. The summed E-state index contributed by atoms with van der Waals surface area (Å²) in [4.78, 5) is 3.34. The molecule has 0 aromatic heterocycles. The monoisotopic (exact) mass is 131 g/mol. The van der Waals surface area contributed by atoms with E-state index in [9.17, 15) is 0 Å². The molecule has 0 aromatic carbocycles. The molecule has 0 aliphatic heterocycles. The topological polar surface area (TPSA) is 12.0 Å². The highest BCUT2D eigenvalue weighted by Crippen LogP contribution is 2.24. The van der Waals surface area contributed by atoms with E-state index in [0.29, 0.717) is 5.04 Å². The molecule has 0 saturated heterocycles. The van der Waals surface area contributed by atoms with Crippen LogP contribution in [0.25, 0.3) is 0 Å². The Morgan fingerprint density at radius 2 is 1.62 bits per heavy atom. The van der Waals surface area contributed by atoms with E-state index in [2.05, 4.69) is 39.3 Å². The maximum atomic E-state index is 3.34. The molecule has 8 heavy (non-hydrogen) atoms. The van der Waals surface area contributed by atoms with E-state index in [1.54, 1.807) is 0 Å². The summed E-state index contributed by atoms with van der Waals surface area (Å²) >= 11 is 0. The molecule has 0 aliphatic rings. The van der Waals surface area contributed by atoms with Crippen LogP contribution < -0.4 is 4.98 Å². The van der Waals surface area contributed by atoms with E-state index in [1.807, 2.05) is 0 Å². The molecule has 0 aromatic rings. The molecule has 0 rings (SSSR count). The lowest BCUT2D eigenvalue weighted by Crippen LogP contribution is -2.35. The van der Waals surface area contributed by atoms with Crippen LogP contribution in [0.15, 0.2) is 0 Å². The van der Waals surface area contributed by atoms with Crippen molar-refractivity contribution < 1.29 is 0 Å². The minimum atomic E-state index is -0.620. The normalized spacial score (nSPS) is 16.1. The summed E-state index contributed by atoms with van der Waals surface area (Å²) in [7, 11) is 1.44. The molecule has 1 atom stereocenters. The first kappa shape index (κ1) is 8.18. The van der Waals surface area contributed by atoms with Gasteiger partial charge in [0.2, 0.25) is 0 Å². The van der Waals surface area contributed by atoms with Crippen molar-refractivity contribution in [3.05, 3.63) is 0 Å². The van der Waals surface area contributed by atoms with Crippen molar-refractivity contribution in [1.29, 1.82) is 0 Å². The maximum Gasteiger partial charge on any atom is 0.111 e. The standard InChI is InChI=1S/C6H17NSi/c1-6(2,3)8(5)7-4/h7-8H,1-5H3. The van der Waals surface area contributed by atoms with Gasteiger partial charge in [0.15, 0.2) is 0 Å². The van der Waals surface area contributed by atoms with Crippen LogP contribution in [0.4, 0.5) is 0 Å². The molecule has 0 amide bonds. The SMILES string of the molecule is CN[SiH](C)C(C)(C)C. The summed E-state index contributed by atoms with van der Waals surface area (Å²) in [6.07, 6.45) is 0. The van der Waals surface area contributed by atoms with Crippen LogP contribution in [-0.4, -0.2) is 16.0 Å². The zero-order valence-corrected chi connectivity index (χ0v) is 7.73. The molecule has 50 valence electrons. The van der Waals surface area contributed by atoms with E-state index in [4.69, 9.17) is 0 Å². The van der Waals surface area contributed by atoms with Crippen molar-refractivity contribution in [1.82, 2.24) is 4.98 Å². The molecule has 1 unspecified atom stereocenters. The second-order valence-electron chi connectivity index (χ2n) is 3.38. The molecule has 0 fully saturated rings. The van der Waals surface area contributed by atoms with E-state index in [0.717, 1.165) is 0 Å². The van der Waals surface area contributed by atoms with Crippen molar-refractivity contribution >= 4 is 8.96 Å². The summed E-state index contributed by atoms with van der Waals surface area (Å²) < 4.78 is 0. The Bertz CT molecular complexity index is 65.4. The third kappa shape index (κ3) is 2.48. The highest BCUT2D eigenvalue weighted by Gasteiger charge is 2.18. The predicted octanol–water partition coefficient (Wildman–Crippen LogP) is 1.36. The first-order valence-corrected chi connectivity index (χ1v) is 5.46. The molecule has 1 nitrogen and oxygen atoms in total. The van der Waals surface area contributed by atoms with Crippen LogP contribution in [0.2, 0.25) is 11.6 Å². The van der Waals surface area contributed by atoms with Crippen LogP contribution in [0.3, 0.4) is 0 Å². The van der Waals surface area contributed by atoms with Crippen LogP contribution >= 0.6 is 0 Å². The Kier molecular flexibility index (Phi) is 2.70. The first-order valence-electron chi connectivity index (χ1n) is 3.15. The molecular formula is C6H17NSi. The average Bonchev–Trinajstić information content (AvgIpc) is 1.62. The Hall–Kier alpha value is 0.177. The second-order valence-corrected chi connectivity index (χ2v) is 7.13. The van der Waals surface area contributed by atoms with Gasteiger partial charge in [0.05, 0.1) is 0 Å². The van der Waals surface area contributed by atoms with Crippen molar-refractivity contribution in [2.75, 3.05) is 7.05 Å². The lowest BCUT2D eigenvalue weighted by molar-refractivity contribution is 0.723. The first-order chi connectivity index (χ1) is 3.48. The molecule has 2 heteroatoms. The van der Waals surface area contributed by atoms with E-state index in [1.165, 1.54) is 0 Å². The van der Waals surface area contributed by atoms with E-state index >= 15 is 0 Å². The minimum Gasteiger partial charge on any atom is -0.342 e. The molecule has 0 aliphatic carbocycles. The van der Waals surface area contributed by atoms with E-state index < -0.39 is 8.96 Å². The third-order valence-electron chi connectivity index (χ3n) is 1.73. The number of rotatable bonds is 1. The summed E-state index contributed by atoms with van der Waals surface area (Å²) in [5.41, 5.74) is 0. The van der Waals surface area contributed by atoms with Crippen LogP contribution in [0.5, 0.6) is 0 Å². The van der Waals surface area contributed by atoms with Crippen molar-refractivity contribution in [2.45, 2.75) is 32.4 Å². The Morgan fingerprint density at radius 1 is 1.25 bits per heavy atom. The Balaban J connectivity index is 3.62. The number of nitrogens with one attached hydrogen (secondary N) is 1. The van der Waals surface area contributed by atoms with Crippen LogP contribution in [-0.2, 0) is 0 Å². The Morgan fingerprint density at radius 3 is 1.62 bits per heavy atom. The van der Waals surface area contributed by atoms with Gasteiger partial charge in [-0.2, -0.15) is 0 Å². The van der Waals surface area contributed by atoms with Gasteiger partial charge < -0.3 is 4.98 Å². The molecule has 0 heterocycles. The zero-order chi connectivity index (χ0) is 6.78. The second kappa shape index (κ2) is 2.64. The lowest BCUT2D eigenvalue weighted by atomic mass is 10.3. The number of hydrogen-bond donors (Lipinski definition) is 1. The smallest absolute Gasteiger partial charge is 0.111 e. The van der Waals surface area contributed by atoms with Gasteiger partial charge in [0.25, 0.3) is 0 Å². The minimum absolute atomic E-state index is 0.536. The van der Waals surface area contributed by atoms with Gasteiger partial charge in [-0.3, -0.25) is 0 Å². The predicted molar refractivity (Wildman–Crippen MR) is 41.8 cm³/mol. The van der Waals surface area contributed by atoms with Gasteiger partial charge in [-0.1, -0.05) is 27.3 Å². The number of hydrogen-bond acceptors (Lipinski definition) is 1. The summed E-state index contributed by atoms with van der Waals surface area (Å²) in [5, 5.41) is 0.536. The lowest BCUT2D eigenvalue weighted by Gasteiger charge is -2.24. The van der Waals surface area contributed by atoms with Crippen molar-refractivity contribution in [2.24, 2.45) is 0 Å². The van der Waals surface area contributed by atoms with Gasteiger partial charge in [-0.15, -0.1) is 0 Å². The zero-order valence-electron chi connectivity index (χ0n) is 6.58. The highest BCUT2D eigenvalue weighted by atomic mass is 28.3. The largest absolute Gasteiger partial charge is 0.342 e. The van der Waals surface area contributed by atoms with Crippen molar-refractivity contribution in [3.8, 4) is 0 Å². The van der Waals surface area contributed by atoms with E-state index in [-0.39, 0.29) is 0 Å². The fraction of sp³-hybridized carbons (Fsp3) is 1.00. The van der Waals surface area contributed by atoms with Crippen molar-refractivity contribution in [3.63, 3.8) is 0 Å².